The first-order valence-corrected chi connectivity index (χ1v) is 8.05. The Balaban J connectivity index is 1.98. The number of hydrogen-bond donors (Lipinski definition) is 1. The molecule has 0 bridgehead atoms. The van der Waals surface area contributed by atoms with Crippen LogP contribution >= 0.6 is 15.9 Å². The van der Waals surface area contributed by atoms with E-state index in [1.54, 1.807) is 0 Å². The molecule has 2 rings (SSSR count). The molecule has 0 unspecified atom stereocenters. The van der Waals surface area contributed by atoms with Gasteiger partial charge in [-0.15, -0.1) is 0 Å². The Morgan fingerprint density at radius 1 is 1.14 bits per heavy atom. The fourth-order valence-electron chi connectivity index (χ4n) is 1.95. The van der Waals surface area contributed by atoms with Crippen LogP contribution < -0.4 is 10.1 Å². The van der Waals surface area contributed by atoms with Gasteiger partial charge in [-0.2, -0.15) is 0 Å². The minimum atomic E-state index is 0.533. The number of anilines is 1. The van der Waals surface area contributed by atoms with Gasteiger partial charge in [0.05, 0.1) is 6.61 Å². The SMILES string of the molecule is Cc1ccc(CNc2cccc(OCC(C)C)c2)c(Br)c1. The average Bonchev–Trinajstić information content (AvgIpc) is 2.45. The Morgan fingerprint density at radius 3 is 2.67 bits per heavy atom. The fraction of sp³-hybridized carbons (Fsp3) is 0.333. The molecular weight excluding hydrogens is 326 g/mol. The maximum atomic E-state index is 5.75. The largest absolute Gasteiger partial charge is 0.493 e. The second kappa shape index (κ2) is 7.51. The number of hydrogen-bond acceptors (Lipinski definition) is 2. The van der Waals surface area contributed by atoms with Crippen LogP contribution in [0.4, 0.5) is 5.69 Å². The summed E-state index contributed by atoms with van der Waals surface area (Å²) in [5.74, 6) is 1.45. The molecule has 0 aromatic heterocycles. The molecule has 3 heteroatoms. The molecule has 0 saturated carbocycles. The van der Waals surface area contributed by atoms with E-state index >= 15 is 0 Å². The quantitative estimate of drug-likeness (QED) is 0.754. The van der Waals surface area contributed by atoms with Gasteiger partial charge in [-0.05, 0) is 42.2 Å². The van der Waals surface area contributed by atoms with Crippen molar-refractivity contribution in [3.8, 4) is 5.75 Å². The third kappa shape index (κ3) is 5.09. The van der Waals surface area contributed by atoms with Crippen LogP contribution in [0.2, 0.25) is 0 Å². The van der Waals surface area contributed by atoms with E-state index < -0.39 is 0 Å². The number of aryl methyl sites for hydroxylation is 1. The number of ether oxygens (including phenoxy) is 1. The summed E-state index contributed by atoms with van der Waals surface area (Å²) in [5, 5.41) is 3.44. The minimum absolute atomic E-state index is 0.533. The van der Waals surface area contributed by atoms with E-state index in [0.717, 1.165) is 29.1 Å². The predicted molar refractivity (Wildman–Crippen MR) is 93.0 cm³/mol. The molecule has 1 N–H and O–H groups in total. The lowest BCUT2D eigenvalue weighted by atomic mass is 10.1. The first-order valence-electron chi connectivity index (χ1n) is 7.26. The van der Waals surface area contributed by atoms with E-state index in [-0.39, 0.29) is 0 Å². The molecule has 2 aromatic rings. The minimum Gasteiger partial charge on any atom is -0.493 e. The van der Waals surface area contributed by atoms with E-state index in [1.165, 1.54) is 11.1 Å². The van der Waals surface area contributed by atoms with Crippen LogP contribution in [0.5, 0.6) is 5.75 Å². The Kier molecular flexibility index (Phi) is 5.68. The zero-order valence-corrected chi connectivity index (χ0v) is 14.4. The van der Waals surface area contributed by atoms with E-state index in [1.807, 2.05) is 18.2 Å². The molecular formula is C18H22BrNO. The van der Waals surface area contributed by atoms with Gasteiger partial charge in [0.15, 0.2) is 0 Å². The van der Waals surface area contributed by atoms with Gasteiger partial charge in [-0.3, -0.25) is 0 Å². The highest BCUT2D eigenvalue weighted by molar-refractivity contribution is 9.10. The molecule has 0 fully saturated rings. The molecule has 2 aromatic carbocycles. The average molecular weight is 348 g/mol. The smallest absolute Gasteiger partial charge is 0.121 e. The molecule has 0 aliphatic carbocycles. The monoisotopic (exact) mass is 347 g/mol. The van der Waals surface area contributed by atoms with Crippen LogP contribution in [0.15, 0.2) is 46.9 Å². The Morgan fingerprint density at radius 2 is 1.95 bits per heavy atom. The highest BCUT2D eigenvalue weighted by atomic mass is 79.9. The van der Waals surface area contributed by atoms with Gasteiger partial charge in [-0.25, -0.2) is 0 Å². The third-order valence-electron chi connectivity index (χ3n) is 3.11. The van der Waals surface area contributed by atoms with Crippen molar-refractivity contribution in [3.63, 3.8) is 0 Å². The summed E-state index contributed by atoms with van der Waals surface area (Å²) in [6.45, 7) is 7.92. The molecule has 0 heterocycles. The number of benzene rings is 2. The number of rotatable bonds is 6. The molecule has 0 atom stereocenters. The van der Waals surface area contributed by atoms with Crippen LogP contribution in [0, 0.1) is 12.8 Å². The van der Waals surface area contributed by atoms with Crippen molar-refractivity contribution in [2.45, 2.75) is 27.3 Å². The summed E-state index contributed by atoms with van der Waals surface area (Å²) >= 11 is 3.61. The zero-order chi connectivity index (χ0) is 15.2. The highest BCUT2D eigenvalue weighted by Gasteiger charge is 2.02. The summed E-state index contributed by atoms with van der Waals surface area (Å²) in [6.07, 6.45) is 0. The molecule has 0 radical (unpaired) electrons. The van der Waals surface area contributed by atoms with Crippen molar-refractivity contribution in [1.29, 1.82) is 0 Å². The summed E-state index contributed by atoms with van der Waals surface area (Å²) in [7, 11) is 0. The topological polar surface area (TPSA) is 21.3 Å². The molecule has 0 aliphatic rings. The van der Waals surface area contributed by atoms with E-state index in [0.29, 0.717) is 5.92 Å². The second-order valence-electron chi connectivity index (χ2n) is 5.68. The van der Waals surface area contributed by atoms with Crippen molar-refractivity contribution in [2.75, 3.05) is 11.9 Å². The van der Waals surface area contributed by atoms with Gasteiger partial charge in [0.25, 0.3) is 0 Å². The standard InChI is InChI=1S/C18H22BrNO/c1-13(2)12-21-17-6-4-5-16(10-17)20-11-15-8-7-14(3)9-18(15)19/h4-10,13,20H,11-12H2,1-3H3. The van der Waals surface area contributed by atoms with Crippen molar-refractivity contribution in [3.05, 3.63) is 58.1 Å². The second-order valence-corrected chi connectivity index (χ2v) is 6.54. The maximum absolute atomic E-state index is 5.75. The van der Waals surface area contributed by atoms with Crippen LogP contribution in [-0.2, 0) is 6.54 Å². The molecule has 112 valence electrons. The first kappa shape index (κ1) is 15.9. The van der Waals surface area contributed by atoms with E-state index in [4.69, 9.17) is 4.74 Å². The normalized spacial score (nSPS) is 10.7. The summed E-state index contributed by atoms with van der Waals surface area (Å²) in [5.41, 5.74) is 3.58. The lowest BCUT2D eigenvalue weighted by Gasteiger charge is -2.12. The lowest BCUT2D eigenvalue weighted by Crippen LogP contribution is -2.05. The lowest BCUT2D eigenvalue weighted by molar-refractivity contribution is 0.271. The third-order valence-corrected chi connectivity index (χ3v) is 3.85. The van der Waals surface area contributed by atoms with Crippen molar-refractivity contribution < 1.29 is 4.74 Å². The maximum Gasteiger partial charge on any atom is 0.121 e. The van der Waals surface area contributed by atoms with Gasteiger partial charge in [0.1, 0.15) is 5.75 Å². The van der Waals surface area contributed by atoms with Gasteiger partial charge >= 0.3 is 0 Å². The van der Waals surface area contributed by atoms with Gasteiger partial charge in [0, 0.05) is 22.8 Å². The van der Waals surface area contributed by atoms with Crippen molar-refractivity contribution in [2.24, 2.45) is 5.92 Å². The van der Waals surface area contributed by atoms with Gasteiger partial charge in [-0.1, -0.05) is 48.0 Å². The van der Waals surface area contributed by atoms with Crippen LogP contribution in [0.1, 0.15) is 25.0 Å². The predicted octanol–water partition coefficient (Wildman–Crippen LogP) is 5.40. The Hall–Kier alpha value is -1.48. The Bertz CT molecular complexity index is 596. The van der Waals surface area contributed by atoms with Gasteiger partial charge in [0.2, 0.25) is 0 Å². The van der Waals surface area contributed by atoms with Crippen LogP contribution in [0.3, 0.4) is 0 Å². The highest BCUT2D eigenvalue weighted by Crippen LogP contribution is 2.22. The van der Waals surface area contributed by atoms with Crippen LogP contribution in [-0.4, -0.2) is 6.61 Å². The Labute approximate surface area is 135 Å². The zero-order valence-electron chi connectivity index (χ0n) is 12.8. The first-order chi connectivity index (χ1) is 10.0. The summed E-state index contributed by atoms with van der Waals surface area (Å²) in [6, 6.07) is 14.5. The van der Waals surface area contributed by atoms with E-state index in [9.17, 15) is 0 Å². The number of nitrogens with one attached hydrogen (secondary N) is 1. The van der Waals surface area contributed by atoms with Crippen molar-refractivity contribution >= 4 is 21.6 Å². The summed E-state index contributed by atoms with van der Waals surface area (Å²) in [4.78, 5) is 0. The molecule has 0 saturated heterocycles. The van der Waals surface area contributed by atoms with Gasteiger partial charge < -0.3 is 10.1 Å². The van der Waals surface area contributed by atoms with Crippen molar-refractivity contribution in [1.82, 2.24) is 0 Å². The molecule has 0 spiro atoms. The van der Waals surface area contributed by atoms with E-state index in [2.05, 4.69) is 66.3 Å². The molecule has 2 nitrogen and oxygen atoms in total. The number of halogens is 1. The fourth-order valence-corrected chi connectivity index (χ4v) is 2.59. The molecule has 0 aliphatic heterocycles. The molecule has 21 heavy (non-hydrogen) atoms. The van der Waals surface area contributed by atoms with Crippen LogP contribution in [0.25, 0.3) is 0 Å². The summed E-state index contributed by atoms with van der Waals surface area (Å²) < 4.78 is 6.89. The molecule has 0 amide bonds.